The molecule has 1 N–H and O–H groups in total. The van der Waals surface area contributed by atoms with Gasteiger partial charge >= 0.3 is 5.69 Å². The highest BCUT2D eigenvalue weighted by Gasteiger charge is 2.28. The molecule has 1 aromatic heterocycles. The van der Waals surface area contributed by atoms with E-state index >= 15 is 0 Å². The van der Waals surface area contributed by atoms with Gasteiger partial charge in [0.1, 0.15) is 5.82 Å². The molecular formula is C13H21N5O2. The number of anilines is 2. The third-order valence-corrected chi connectivity index (χ3v) is 3.78. The van der Waals surface area contributed by atoms with Crippen molar-refractivity contribution >= 4 is 17.3 Å². The van der Waals surface area contributed by atoms with Gasteiger partial charge in [0.05, 0.1) is 4.92 Å². The van der Waals surface area contributed by atoms with Gasteiger partial charge in [0.25, 0.3) is 0 Å². The molecule has 1 aliphatic heterocycles. The third-order valence-electron chi connectivity index (χ3n) is 3.78. The quantitative estimate of drug-likeness (QED) is 0.666. The van der Waals surface area contributed by atoms with Crippen molar-refractivity contribution < 1.29 is 4.92 Å². The average molecular weight is 279 g/mol. The summed E-state index contributed by atoms with van der Waals surface area (Å²) in [6.45, 7) is 7.70. The van der Waals surface area contributed by atoms with Crippen LogP contribution in [-0.2, 0) is 0 Å². The molecule has 2 heterocycles. The van der Waals surface area contributed by atoms with Gasteiger partial charge in [0.15, 0.2) is 0 Å². The molecule has 1 aromatic rings. The van der Waals surface area contributed by atoms with E-state index in [2.05, 4.69) is 29.0 Å². The van der Waals surface area contributed by atoms with E-state index in [4.69, 9.17) is 0 Å². The van der Waals surface area contributed by atoms with Crippen LogP contribution in [0.2, 0.25) is 0 Å². The molecule has 1 saturated heterocycles. The lowest BCUT2D eigenvalue weighted by atomic mass is 10.2. The van der Waals surface area contributed by atoms with Crippen LogP contribution in [-0.4, -0.2) is 54.1 Å². The molecule has 0 saturated carbocycles. The van der Waals surface area contributed by atoms with E-state index in [1.54, 1.807) is 13.1 Å². The lowest BCUT2D eigenvalue weighted by Crippen LogP contribution is -2.52. The van der Waals surface area contributed by atoms with Gasteiger partial charge in [0.2, 0.25) is 5.82 Å². The van der Waals surface area contributed by atoms with Crippen molar-refractivity contribution in [2.45, 2.75) is 19.9 Å². The largest absolute Gasteiger partial charge is 0.373 e. The van der Waals surface area contributed by atoms with Crippen molar-refractivity contribution in [3.05, 3.63) is 22.2 Å². The maximum absolute atomic E-state index is 11.2. The summed E-state index contributed by atoms with van der Waals surface area (Å²) in [6, 6.07) is 3.52. The minimum Gasteiger partial charge on any atom is -0.373 e. The van der Waals surface area contributed by atoms with E-state index in [9.17, 15) is 10.1 Å². The molecule has 0 aromatic carbocycles. The summed E-state index contributed by atoms with van der Waals surface area (Å²) in [5, 5.41) is 14.1. The summed E-state index contributed by atoms with van der Waals surface area (Å²) in [6.07, 6.45) is 0. The molecule has 110 valence electrons. The minimum absolute atomic E-state index is 0.0705. The number of hydrogen-bond acceptors (Lipinski definition) is 6. The van der Waals surface area contributed by atoms with Crippen LogP contribution in [0.25, 0.3) is 0 Å². The predicted molar refractivity (Wildman–Crippen MR) is 79.4 cm³/mol. The lowest BCUT2D eigenvalue weighted by molar-refractivity contribution is -0.384. The molecule has 0 bridgehead atoms. The van der Waals surface area contributed by atoms with Crippen LogP contribution in [0, 0.1) is 10.1 Å². The summed E-state index contributed by atoms with van der Waals surface area (Å²) in [5.41, 5.74) is 0.0705. The Bertz CT molecular complexity index is 494. The van der Waals surface area contributed by atoms with Gasteiger partial charge in [-0.15, -0.1) is 0 Å². The number of piperazine rings is 1. The van der Waals surface area contributed by atoms with Gasteiger partial charge in [-0.05, 0) is 19.5 Å². The number of hydrogen-bond donors (Lipinski definition) is 1. The normalized spacial score (nSPS) is 19.9. The highest BCUT2D eigenvalue weighted by atomic mass is 16.6. The summed E-state index contributed by atoms with van der Waals surface area (Å²) >= 11 is 0. The molecule has 1 aliphatic rings. The number of aromatic nitrogens is 1. The highest BCUT2D eigenvalue weighted by molar-refractivity contribution is 5.62. The van der Waals surface area contributed by atoms with Gasteiger partial charge in [-0.2, -0.15) is 0 Å². The van der Waals surface area contributed by atoms with Crippen LogP contribution in [0.1, 0.15) is 13.8 Å². The Labute approximate surface area is 118 Å². The lowest BCUT2D eigenvalue weighted by Gasteiger charge is -2.39. The molecule has 0 aliphatic carbocycles. The molecule has 20 heavy (non-hydrogen) atoms. The average Bonchev–Trinajstić information content (AvgIpc) is 2.46. The van der Waals surface area contributed by atoms with Crippen LogP contribution in [0.3, 0.4) is 0 Å². The van der Waals surface area contributed by atoms with E-state index in [1.807, 2.05) is 4.90 Å². The summed E-state index contributed by atoms with van der Waals surface area (Å²) in [7, 11) is 1.76. The van der Waals surface area contributed by atoms with E-state index in [-0.39, 0.29) is 10.6 Å². The van der Waals surface area contributed by atoms with Gasteiger partial charge in [-0.3, -0.25) is 15.0 Å². The van der Waals surface area contributed by atoms with E-state index in [1.165, 1.54) is 6.07 Å². The molecule has 2 rings (SSSR count). The van der Waals surface area contributed by atoms with Crippen molar-refractivity contribution in [3.8, 4) is 0 Å². The topological polar surface area (TPSA) is 74.5 Å². The van der Waals surface area contributed by atoms with E-state index < -0.39 is 0 Å². The van der Waals surface area contributed by atoms with E-state index in [0.717, 1.165) is 26.2 Å². The molecule has 0 amide bonds. The molecule has 7 heteroatoms. The third kappa shape index (κ3) is 2.82. The summed E-state index contributed by atoms with van der Waals surface area (Å²) < 4.78 is 0. The van der Waals surface area contributed by atoms with Crippen LogP contribution in [0.5, 0.6) is 0 Å². The van der Waals surface area contributed by atoms with Crippen LogP contribution >= 0.6 is 0 Å². The fourth-order valence-corrected chi connectivity index (χ4v) is 2.61. The van der Waals surface area contributed by atoms with Crippen molar-refractivity contribution in [1.82, 2.24) is 9.88 Å². The number of pyridine rings is 1. The number of nitrogens with zero attached hydrogens (tertiary/aromatic N) is 4. The first-order valence-electron chi connectivity index (χ1n) is 6.89. The highest BCUT2D eigenvalue weighted by Crippen LogP contribution is 2.29. The van der Waals surface area contributed by atoms with Crippen LogP contribution < -0.4 is 10.2 Å². The molecular weight excluding hydrogens is 258 g/mol. The fraction of sp³-hybridized carbons (Fsp3) is 0.615. The zero-order chi connectivity index (χ0) is 14.7. The number of nitrogens with one attached hydrogen (secondary N) is 1. The Hall–Kier alpha value is -1.89. The SMILES string of the molecule is CCN1CCN(c2nc(NC)ccc2[N+](=O)[O-])CC1C. The van der Waals surface area contributed by atoms with Gasteiger partial charge in [-0.1, -0.05) is 6.92 Å². The van der Waals surface area contributed by atoms with Crippen molar-refractivity contribution in [3.63, 3.8) is 0 Å². The van der Waals surface area contributed by atoms with Crippen molar-refractivity contribution in [1.29, 1.82) is 0 Å². The van der Waals surface area contributed by atoms with Crippen molar-refractivity contribution in [2.75, 3.05) is 43.4 Å². The Morgan fingerprint density at radius 2 is 2.25 bits per heavy atom. The zero-order valence-electron chi connectivity index (χ0n) is 12.2. The molecule has 1 atom stereocenters. The standard InChI is InChI=1S/C13H21N5O2/c1-4-16-7-8-17(9-10(16)2)13-11(18(19)20)5-6-12(14-3)15-13/h5-6,10H,4,7-9H2,1-3H3,(H,14,15). The summed E-state index contributed by atoms with van der Waals surface area (Å²) in [4.78, 5) is 19.6. The monoisotopic (exact) mass is 279 g/mol. The van der Waals surface area contributed by atoms with Gasteiger partial charge in [-0.25, -0.2) is 4.98 Å². The Balaban J connectivity index is 2.29. The predicted octanol–water partition coefficient (Wildman–Crippen LogP) is 1.56. The summed E-state index contributed by atoms with van der Waals surface area (Å²) in [5.74, 6) is 1.11. The number of rotatable bonds is 4. The van der Waals surface area contributed by atoms with E-state index in [0.29, 0.717) is 17.7 Å². The van der Waals surface area contributed by atoms with Gasteiger partial charge in [0, 0.05) is 38.8 Å². The second-order valence-corrected chi connectivity index (χ2v) is 4.97. The zero-order valence-corrected chi connectivity index (χ0v) is 12.2. The molecule has 1 unspecified atom stereocenters. The van der Waals surface area contributed by atoms with Crippen molar-refractivity contribution in [2.24, 2.45) is 0 Å². The maximum Gasteiger partial charge on any atom is 0.311 e. The first kappa shape index (κ1) is 14.5. The maximum atomic E-state index is 11.2. The Kier molecular flexibility index (Phi) is 4.39. The fourth-order valence-electron chi connectivity index (χ4n) is 2.61. The minimum atomic E-state index is -0.362. The molecule has 1 fully saturated rings. The smallest absolute Gasteiger partial charge is 0.311 e. The molecule has 0 radical (unpaired) electrons. The van der Waals surface area contributed by atoms with Crippen LogP contribution in [0.4, 0.5) is 17.3 Å². The van der Waals surface area contributed by atoms with Crippen LogP contribution in [0.15, 0.2) is 12.1 Å². The number of likely N-dealkylation sites (N-methyl/N-ethyl adjacent to an activating group) is 1. The first-order valence-corrected chi connectivity index (χ1v) is 6.89. The second-order valence-electron chi connectivity index (χ2n) is 4.97. The van der Waals surface area contributed by atoms with Gasteiger partial charge < -0.3 is 10.2 Å². The Morgan fingerprint density at radius 3 is 2.80 bits per heavy atom. The number of nitro groups is 1. The first-order chi connectivity index (χ1) is 9.56. The second kappa shape index (κ2) is 6.04. The molecule has 0 spiro atoms. The molecule has 7 nitrogen and oxygen atoms in total. The Morgan fingerprint density at radius 1 is 1.50 bits per heavy atom.